The lowest BCUT2D eigenvalue weighted by Crippen LogP contribution is -2.31. The standard InChI is InChI=1S/C20H22N4O2.C2H4Cl2/c21-23-19(25)14-6-7-16-17(8-14)20(26)22-9-15-11-24(12-18(15)16)10-13-4-2-1-3-5-13;1-2(3)4/h1-8,15,18H,9-12,21H2,(H,22,26)(H,23,25);2H,1H3/t15-,18-;/m1./s1. The van der Waals surface area contributed by atoms with Crippen LogP contribution in [0, 0.1) is 5.92 Å². The van der Waals surface area contributed by atoms with Crippen molar-refractivity contribution in [3.8, 4) is 0 Å². The van der Waals surface area contributed by atoms with E-state index in [1.54, 1.807) is 19.1 Å². The number of nitrogens with two attached hydrogens (primary N) is 1. The Hall–Kier alpha value is -2.12. The molecule has 160 valence electrons. The fourth-order valence-corrected chi connectivity index (χ4v) is 4.11. The average molecular weight is 449 g/mol. The Labute approximate surface area is 186 Å². The second kappa shape index (κ2) is 10.3. The van der Waals surface area contributed by atoms with Crippen LogP contribution >= 0.6 is 23.2 Å². The highest BCUT2D eigenvalue weighted by molar-refractivity contribution is 6.43. The fourth-order valence-electron chi connectivity index (χ4n) is 4.11. The van der Waals surface area contributed by atoms with E-state index in [2.05, 4.69) is 39.9 Å². The maximum absolute atomic E-state index is 12.5. The molecule has 8 heteroatoms. The molecule has 2 heterocycles. The van der Waals surface area contributed by atoms with Crippen molar-refractivity contribution in [1.29, 1.82) is 0 Å². The van der Waals surface area contributed by atoms with Gasteiger partial charge in [-0.1, -0.05) is 36.4 Å². The summed E-state index contributed by atoms with van der Waals surface area (Å²) in [7, 11) is 0. The minimum atomic E-state index is -0.390. The number of carbonyl (C=O) groups excluding carboxylic acids is 2. The number of rotatable bonds is 3. The lowest BCUT2D eigenvalue weighted by Gasteiger charge is -2.18. The van der Waals surface area contributed by atoms with Crippen LogP contribution in [-0.2, 0) is 6.54 Å². The minimum absolute atomic E-state index is 0.115. The number of nitrogens with zero attached hydrogens (tertiary/aromatic N) is 1. The highest BCUT2D eigenvalue weighted by atomic mass is 35.5. The molecule has 2 aliphatic heterocycles. The quantitative estimate of drug-likeness (QED) is 0.291. The molecule has 30 heavy (non-hydrogen) atoms. The van der Waals surface area contributed by atoms with Crippen LogP contribution in [0.4, 0.5) is 0 Å². The average Bonchev–Trinajstić information content (AvgIpc) is 3.08. The number of fused-ring (bicyclic) bond motifs is 3. The van der Waals surface area contributed by atoms with Gasteiger partial charge < -0.3 is 5.32 Å². The van der Waals surface area contributed by atoms with Crippen molar-refractivity contribution in [2.75, 3.05) is 19.6 Å². The predicted octanol–water partition coefficient (Wildman–Crippen LogP) is 3.06. The van der Waals surface area contributed by atoms with Crippen molar-refractivity contribution < 1.29 is 9.59 Å². The van der Waals surface area contributed by atoms with Gasteiger partial charge in [-0.15, -0.1) is 23.2 Å². The lowest BCUT2D eigenvalue weighted by atomic mass is 9.86. The first-order valence-corrected chi connectivity index (χ1v) is 10.7. The van der Waals surface area contributed by atoms with Crippen molar-refractivity contribution in [3.05, 3.63) is 70.8 Å². The smallest absolute Gasteiger partial charge is 0.265 e. The summed E-state index contributed by atoms with van der Waals surface area (Å²) in [5.41, 5.74) is 5.42. The van der Waals surface area contributed by atoms with Gasteiger partial charge in [0.05, 0.1) is 0 Å². The van der Waals surface area contributed by atoms with Crippen molar-refractivity contribution in [1.82, 2.24) is 15.6 Å². The number of likely N-dealkylation sites (tertiary alicyclic amines) is 1. The van der Waals surface area contributed by atoms with E-state index >= 15 is 0 Å². The van der Waals surface area contributed by atoms with Crippen molar-refractivity contribution in [3.63, 3.8) is 0 Å². The summed E-state index contributed by atoms with van der Waals surface area (Å²) in [4.78, 5) is 26.5. The summed E-state index contributed by atoms with van der Waals surface area (Å²) in [6.45, 7) is 5.12. The minimum Gasteiger partial charge on any atom is -0.352 e. The number of hydrogen-bond donors (Lipinski definition) is 3. The van der Waals surface area contributed by atoms with Gasteiger partial charge in [-0.2, -0.15) is 0 Å². The number of halogens is 2. The molecule has 0 aliphatic carbocycles. The molecule has 2 atom stereocenters. The molecule has 0 bridgehead atoms. The summed E-state index contributed by atoms with van der Waals surface area (Å²) in [5, 5.41) is 3.01. The first kappa shape index (κ1) is 22.6. The molecule has 0 saturated carbocycles. The van der Waals surface area contributed by atoms with Gasteiger partial charge in [0, 0.05) is 43.2 Å². The molecule has 1 saturated heterocycles. The third kappa shape index (κ3) is 5.52. The molecule has 4 rings (SSSR count). The molecule has 6 nitrogen and oxygen atoms in total. The third-order valence-corrected chi connectivity index (χ3v) is 5.38. The van der Waals surface area contributed by atoms with Crippen LogP contribution in [0.3, 0.4) is 0 Å². The van der Waals surface area contributed by atoms with Crippen LogP contribution in [-0.4, -0.2) is 41.2 Å². The number of hydrazine groups is 1. The van der Waals surface area contributed by atoms with E-state index in [0.29, 0.717) is 23.6 Å². The van der Waals surface area contributed by atoms with Crippen molar-refractivity contribution in [2.45, 2.75) is 24.2 Å². The number of nitrogens with one attached hydrogen (secondary N) is 2. The number of alkyl halides is 2. The zero-order chi connectivity index (χ0) is 21.7. The number of carbonyl (C=O) groups is 2. The van der Waals surface area contributed by atoms with Crippen LogP contribution in [0.1, 0.15) is 44.7 Å². The van der Waals surface area contributed by atoms with Gasteiger partial charge in [-0.05, 0) is 36.1 Å². The van der Waals surface area contributed by atoms with Crippen LogP contribution in [0.25, 0.3) is 0 Å². The van der Waals surface area contributed by atoms with E-state index in [0.717, 1.165) is 25.2 Å². The van der Waals surface area contributed by atoms with Crippen LogP contribution in [0.5, 0.6) is 0 Å². The number of nitrogen functional groups attached to an aromatic ring is 1. The number of amides is 2. The Morgan fingerprint density at radius 1 is 1.23 bits per heavy atom. The van der Waals surface area contributed by atoms with E-state index in [-0.39, 0.29) is 16.7 Å². The Morgan fingerprint density at radius 3 is 2.60 bits per heavy atom. The molecule has 0 unspecified atom stereocenters. The molecule has 0 aromatic heterocycles. The molecule has 1 fully saturated rings. The molecule has 0 spiro atoms. The van der Waals surface area contributed by atoms with E-state index in [9.17, 15) is 9.59 Å². The van der Waals surface area contributed by atoms with Crippen molar-refractivity contribution >= 4 is 35.0 Å². The molecular formula is C22H26Cl2N4O2. The normalized spacial score (nSPS) is 20.4. The number of benzene rings is 2. The van der Waals surface area contributed by atoms with Gasteiger partial charge >= 0.3 is 0 Å². The molecule has 0 radical (unpaired) electrons. The zero-order valence-electron chi connectivity index (χ0n) is 16.8. The maximum atomic E-state index is 12.5. The third-order valence-electron chi connectivity index (χ3n) is 5.38. The largest absolute Gasteiger partial charge is 0.352 e. The Balaban J connectivity index is 0.000000589. The Morgan fingerprint density at radius 2 is 1.93 bits per heavy atom. The number of hydrogen-bond acceptors (Lipinski definition) is 4. The summed E-state index contributed by atoms with van der Waals surface area (Å²) in [5.74, 6) is 5.36. The predicted molar refractivity (Wildman–Crippen MR) is 120 cm³/mol. The van der Waals surface area contributed by atoms with Crippen LogP contribution in [0.15, 0.2) is 48.5 Å². The molecule has 2 aromatic carbocycles. The SMILES string of the molecule is CC(Cl)Cl.NNC(=O)c1ccc2c(c1)C(=O)NC[C@@H]1CN(Cc3ccccc3)C[C@@H]21. The van der Waals surface area contributed by atoms with Gasteiger partial charge in [0.2, 0.25) is 0 Å². The van der Waals surface area contributed by atoms with E-state index < -0.39 is 5.91 Å². The van der Waals surface area contributed by atoms with Gasteiger partial charge in [-0.25, -0.2) is 5.84 Å². The summed E-state index contributed by atoms with van der Waals surface area (Å²) in [6, 6.07) is 15.7. The topological polar surface area (TPSA) is 87.5 Å². The molecule has 2 aliphatic rings. The zero-order valence-corrected chi connectivity index (χ0v) is 18.3. The van der Waals surface area contributed by atoms with Crippen molar-refractivity contribution in [2.24, 2.45) is 11.8 Å². The van der Waals surface area contributed by atoms with Gasteiger partial charge in [0.25, 0.3) is 11.8 Å². The molecule has 2 amide bonds. The molecular weight excluding hydrogens is 423 g/mol. The molecule has 4 N–H and O–H groups in total. The summed E-state index contributed by atoms with van der Waals surface area (Å²) < 4.78 is 0. The lowest BCUT2D eigenvalue weighted by molar-refractivity contribution is 0.0951. The van der Waals surface area contributed by atoms with Gasteiger partial charge in [0.1, 0.15) is 4.84 Å². The van der Waals surface area contributed by atoms with Gasteiger partial charge in [0.15, 0.2) is 0 Å². The van der Waals surface area contributed by atoms with E-state index in [1.807, 2.05) is 12.1 Å². The van der Waals surface area contributed by atoms with Crippen LogP contribution < -0.4 is 16.6 Å². The second-order valence-corrected chi connectivity index (χ2v) is 9.08. The highest BCUT2D eigenvalue weighted by Crippen LogP contribution is 2.37. The van der Waals surface area contributed by atoms with Crippen LogP contribution in [0.2, 0.25) is 0 Å². The Kier molecular flexibility index (Phi) is 7.72. The first-order valence-electron chi connectivity index (χ1n) is 9.86. The monoisotopic (exact) mass is 448 g/mol. The van der Waals surface area contributed by atoms with Gasteiger partial charge in [-0.3, -0.25) is 19.9 Å². The van der Waals surface area contributed by atoms with E-state index in [1.165, 1.54) is 5.56 Å². The fraction of sp³-hybridized carbons (Fsp3) is 0.364. The summed E-state index contributed by atoms with van der Waals surface area (Å²) in [6.07, 6.45) is 0. The highest BCUT2D eigenvalue weighted by Gasteiger charge is 2.38. The second-order valence-electron chi connectivity index (χ2n) is 7.55. The Bertz CT molecular complexity index is 889. The summed E-state index contributed by atoms with van der Waals surface area (Å²) >= 11 is 10.1. The van der Waals surface area contributed by atoms with E-state index in [4.69, 9.17) is 29.0 Å². The maximum Gasteiger partial charge on any atom is 0.265 e. The molecule has 2 aromatic rings. The first-order chi connectivity index (χ1) is 14.4.